The molecule has 2 atom stereocenters. The third kappa shape index (κ3) is 2.23. The molecular weight excluding hydrogens is 196 g/mol. The zero-order valence-corrected chi connectivity index (χ0v) is 10.4. The number of thioether (sulfide) groups is 1. The van der Waals surface area contributed by atoms with Gasteiger partial charge in [-0.25, -0.2) is 0 Å². The Labute approximate surface area is 90.2 Å². The van der Waals surface area contributed by atoms with Gasteiger partial charge in [-0.2, -0.15) is 0 Å². The summed E-state index contributed by atoms with van der Waals surface area (Å²) in [7, 11) is 0. The van der Waals surface area contributed by atoms with Gasteiger partial charge in [0.15, 0.2) is 0 Å². The summed E-state index contributed by atoms with van der Waals surface area (Å²) in [5.41, 5.74) is 5.51. The SMILES string of the molecule is CC(C)(C)C1NC(C(N)=O)C(C)(C)S1. The van der Waals surface area contributed by atoms with E-state index in [4.69, 9.17) is 5.73 Å². The average molecular weight is 216 g/mol. The topological polar surface area (TPSA) is 55.1 Å². The zero-order valence-electron chi connectivity index (χ0n) is 9.55. The lowest BCUT2D eigenvalue weighted by atomic mass is 9.95. The van der Waals surface area contributed by atoms with Gasteiger partial charge < -0.3 is 5.73 Å². The van der Waals surface area contributed by atoms with Crippen LogP contribution in [0.5, 0.6) is 0 Å². The van der Waals surface area contributed by atoms with Crippen LogP contribution in [0, 0.1) is 5.41 Å². The quantitative estimate of drug-likeness (QED) is 0.695. The van der Waals surface area contributed by atoms with E-state index in [1.54, 1.807) is 11.8 Å². The van der Waals surface area contributed by atoms with Gasteiger partial charge in [-0.05, 0) is 19.3 Å². The maximum absolute atomic E-state index is 11.2. The second-order valence-electron chi connectivity index (χ2n) is 5.47. The van der Waals surface area contributed by atoms with Gasteiger partial charge >= 0.3 is 0 Å². The van der Waals surface area contributed by atoms with Gasteiger partial charge in [0.05, 0.1) is 5.37 Å². The number of hydrogen-bond acceptors (Lipinski definition) is 3. The minimum Gasteiger partial charge on any atom is -0.368 e. The third-order valence-electron chi connectivity index (χ3n) is 2.51. The van der Waals surface area contributed by atoms with Crippen LogP contribution in [0.1, 0.15) is 34.6 Å². The van der Waals surface area contributed by atoms with Gasteiger partial charge in [0, 0.05) is 4.75 Å². The van der Waals surface area contributed by atoms with E-state index in [2.05, 4.69) is 39.9 Å². The fourth-order valence-electron chi connectivity index (χ4n) is 1.61. The fraction of sp³-hybridized carbons (Fsp3) is 0.900. The normalized spacial score (nSPS) is 31.8. The molecule has 0 aromatic carbocycles. The van der Waals surface area contributed by atoms with E-state index in [-0.39, 0.29) is 27.5 Å². The molecule has 0 bridgehead atoms. The van der Waals surface area contributed by atoms with Crippen LogP contribution in [0.15, 0.2) is 0 Å². The van der Waals surface area contributed by atoms with Crippen LogP contribution in [-0.4, -0.2) is 22.1 Å². The fourth-order valence-corrected chi connectivity index (χ4v) is 3.09. The third-order valence-corrected chi connectivity index (χ3v) is 4.43. The number of nitrogens with one attached hydrogen (secondary N) is 1. The zero-order chi connectivity index (χ0) is 11.1. The van der Waals surface area contributed by atoms with E-state index < -0.39 is 0 Å². The molecule has 3 N–H and O–H groups in total. The maximum atomic E-state index is 11.2. The van der Waals surface area contributed by atoms with Crippen LogP contribution in [0.2, 0.25) is 0 Å². The Balaban J connectivity index is 2.82. The summed E-state index contributed by atoms with van der Waals surface area (Å²) >= 11 is 1.80. The average Bonchev–Trinajstić information content (AvgIpc) is 2.23. The van der Waals surface area contributed by atoms with Gasteiger partial charge in [-0.15, -0.1) is 11.8 Å². The molecule has 14 heavy (non-hydrogen) atoms. The molecule has 1 saturated heterocycles. The van der Waals surface area contributed by atoms with Crippen molar-refractivity contribution < 1.29 is 4.79 Å². The smallest absolute Gasteiger partial charge is 0.236 e. The second-order valence-corrected chi connectivity index (χ2v) is 7.23. The van der Waals surface area contributed by atoms with Gasteiger partial charge in [-0.1, -0.05) is 20.8 Å². The predicted molar refractivity (Wildman–Crippen MR) is 61.0 cm³/mol. The summed E-state index contributed by atoms with van der Waals surface area (Å²) in [5.74, 6) is -0.255. The number of hydrogen-bond donors (Lipinski definition) is 2. The summed E-state index contributed by atoms with van der Waals surface area (Å²) < 4.78 is -0.107. The van der Waals surface area contributed by atoms with Crippen molar-refractivity contribution in [2.75, 3.05) is 0 Å². The van der Waals surface area contributed by atoms with Gasteiger partial charge in [0.2, 0.25) is 5.91 Å². The Kier molecular flexibility index (Phi) is 2.89. The van der Waals surface area contributed by atoms with E-state index in [1.807, 2.05) is 0 Å². The van der Waals surface area contributed by atoms with E-state index in [9.17, 15) is 4.79 Å². The van der Waals surface area contributed by atoms with Crippen LogP contribution in [-0.2, 0) is 4.79 Å². The Bertz CT molecular complexity index is 245. The number of carbonyl (C=O) groups excluding carboxylic acids is 1. The largest absolute Gasteiger partial charge is 0.368 e. The lowest BCUT2D eigenvalue weighted by molar-refractivity contribution is -0.120. The van der Waals surface area contributed by atoms with Gasteiger partial charge in [0.25, 0.3) is 0 Å². The summed E-state index contributed by atoms with van der Waals surface area (Å²) in [5, 5.41) is 3.60. The van der Waals surface area contributed by atoms with E-state index in [0.717, 1.165) is 0 Å². The molecule has 0 spiro atoms. The first-order valence-electron chi connectivity index (χ1n) is 4.88. The van der Waals surface area contributed by atoms with Crippen molar-refractivity contribution in [1.29, 1.82) is 0 Å². The van der Waals surface area contributed by atoms with Crippen LogP contribution >= 0.6 is 11.8 Å². The molecule has 1 aliphatic rings. The first-order valence-corrected chi connectivity index (χ1v) is 5.76. The summed E-state index contributed by atoms with van der Waals surface area (Å²) in [6, 6.07) is -0.225. The highest BCUT2D eigenvalue weighted by molar-refractivity contribution is 8.01. The lowest BCUT2D eigenvalue weighted by Crippen LogP contribution is -2.49. The van der Waals surface area contributed by atoms with E-state index in [0.29, 0.717) is 0 Å². The van der Waals surface area contributed by atoms with Gasteiger partial charge in [0.1, 0.15) is 6.04 Å². The molecular formula is C10H20N2OS. The highest BCUT2D eigenvalue weighted by Gasteiger charge is 2.47. The molecule has 1 amide bonds. The number of primary amides is 1. The predicted octanol–water partition coefficient (Wildman–Crippen LogP) is 1.33. The van der Waals surface area contributed by atoms with Crippen molar-refractivity contribution in [2.45, 2.75) is 50.8 Å². The molecule has 0 aliphatic carbocycles. The maximum Gasteiger partial charge on any atom is 0.236 e. The molecule has 0 aromatic rings. The summed E-state index contributed by atoms with van der Waals surface area (Å²) in [6.07, 6.45) is 0. The van der Waals surface area contributed by atoms with E-state index >= 15 is 0 Å². The Morgan fingerprint density at radius 2 is 1.93 bits per heavy atom. The molecule has 1 fully saturated rings. The Morgan fingerprint density at radius 1 is 1.43 bits per heavy atom. The Morgan fingerprint density at radius 3 is 2.14 bits per heavy atom. The summed E-state index contributed by atoms with van der Waals surface area (Å²) in [6.45, 7) is 10.6. The van der Waals surface area contributed by atoms with Crippen molar-refractivity contribution in [3.8, 4) is 0 Å². The molecule has 2 unspecified atom stereocenters. The van der Waals surface area contributed by atoms with Crippen molar-refractivity contribution >= 4 is 17.7 Å². The first-order chi connectivity index (χ1) is 6.14. The highest BCUT2D eigenvalue weighted by atomic mass is 32.2. The molecule has 1 aliphatic heterocycles. The highest BCUT2D eigenvalue weighted by Crippen LogP contribution is 2.44. The molecule has 0 radical (unpaired) electrons. The van der Waals surface area contributed by atoms with Crippen molar-refractivity contribution in [3.05, 3.63) is 0 Å². The first kappa shape index (κ1) is 11.9. The number of amides is 1. The summed E-state index contributed by atoms with van der Waals surface area (Å²) in [4.78, 5) is 11.2. The molecule has 0 aromatic heterocycles. The lowest BCUT2D eigenvalue weighted by Gasteiger charge is -2.27. The molecule has 4 heteroatoms. The van der Waals surface area contributed by atoms with E-state index in [1.165, 1.54) is 0 Å². The molecule has 1 heterocycles. The van der Waals surface area contributed by atoms with Gasteiger partial charge in [-0.3, -0.25) is 10.1 Å². The minimum absolute atomic E-state index is 0.107. The monoisotopic (exact) mass is 216 g/mol. The Hall–Kier alpha value is -0.220. The van der Waals surface area contributed by atoms with Crippen LogP contribution in [0.4, 0.5) is 0 Å². The van der Waals surface area contributed by atoms with Crippen molar-refractivity contribution in [1.82, 2.24) is 5.32 Å². The van der Waals surface area contributed by atoms with Crippen molar-refractivity contribution in [3.63, 3.8) is 0 Å². The minimum atomic E-state index is -0.255. The molecule has 3 nitrogen and oxygen atoms in total. The molecule has 0 saturated carbocycles. The van der Waals surface area contributed by atoms with Crippen LogP contribution < -0.4 is 11.1 Å². The number of carbonyl (C=O) groups is 1. The molecule has 82 valence electrons. The number of nitrogens with two attached hydrogens (primary N) is 1. The second kappa shape index (κ2) is 3.42. The van der Waals surface area contributed by atoms with Crippen LogP contribution in [0.3, 0.4) is 0 Å². The van der Waals surface area contributed by atoms with Crippen molar-refractivity contribution in [2.24, 2.45) is 11.1 Å². The number of rotatable bonds is 1. The molecule has 1 rings (SSSR count). The van der Waals surface area contributed by atoms with Crippen LogP contribution in [0.25, 0.3) is 0 Å². The standard InChI is InChI=1S/C10H20N2OS/c1-9(2,3)8-12-6(7(11)13)10(4,5)14-8/h6,8,12H,1-5H3,(H2,11,13).